The predicted molar refractivity (Wildman–Crippen MR) is 65.9 cm³/mol. The number of hydrogen-bond acceptors (Lipinski definition) is 2. The Hall–Kier alpha value is -1.89. The fraction of sp³-hybridized carbons (Fsp3) is 0.308. The van der Waals surface area contributed by atoms with Crippen LogP contribution < -0.4 is 5.32 Å². The van der Waals surface area contributed by atoms with Gasteiger partial charge in [-0.15, -0.1) is 0 Å². The fourth-order valence-electron chi connectivity index (χ4n) is 1.71. The Balaban J connectivity index is 2.34. The van der Waals surface area contributed by atoms with E-state index in [-0.39, 0.29) is 5.69 Å². The van der Waals surface area contributed by atoms with E-state index < -0.39 is 17.6 Å². The first-order valence-corrected chi connectivity index (χ1v) is 6.04. The van der Waals surface area contributed by atoms with E-state index in [9.17, 15) is 17.6 Å². The van der Waals surface area contributed by atoms with E-state index in [1.807, 2.05) is 6.92 Å². The molecule has 0 aliphatic heterocycles. The third kappa shape index (κ3) is 3.16. The highest BCUT2D eigenvalue weighted by Crippen LogP contribution is 2.31. The van der Waals surface area contributed by atoms with Crippen molar-refractivity contribution in [1.29, 1.82) is 0 Å². The third-order valence-electron chi connectivity index (χ3n) is 2.72. The van der Waals surface area contributed by atoms with Crippen molar-refractivity contribution in [1.82, 2.24) is 15.1 Å². The summed E-state index contributed by atoms with van der Waals surface area (Å²) in [5.41, 5.74) is -0.496. The molecule has 3 nitrogen and oxygen atoms in total. The molecule has 0 fully saturated rings. The summed E-state index contributed by atoms with van der Waals surface area (Å²) in [6.07, 6.45) is -3.08. The number of aromatic nitrogens is 2. The van der Waals surface area contributed by atoms with Crippen LogP contribution in [0.15, 0.2) is 30.5 Å². The fourth-order valence-corrected chi connectivity index (χ4v) is 1.71. The van der Waals surface area contributed by atoms with Gasteiger partial charge >= 0.3 is 6.18 Å². The van der Waals surface area contributed by atoms with Gasteiger partial charge < -0.3 is 5.32 Å². The minimum absolute atomic E-state index is 0.220. The maximum absolute atomic E-state index is 13.7. The van der Waals surface area contributed by atoms with Crippen molar-refractivity contribution >= 4 is 0 Å². The van der Waals surface area contributed by atoms with Gasteiger partial charge in [0.15, 0.2) is 0 Å². The molecule has 0 spiro atoms. The Morgan fingerprint density at radius 1 is 1.25 bits per heavy atom. The van der Waals surface area contributed by atoms with Gasteiger partial charge in [0.25, 0.3) is 0 Å². The summed E-state index contributed by atoms with van der Waals surface area (Å²) in [6, 6.07) is 3.88. The van der Waals surface area contributed by atoms with Crippen molar-refractivity contribution in [3.05, 3.63) is 47.5 Å². The minimum atomic E-state index is -4.51. The highest BCUT2D eigenvalue weighted by Gasteiger charge is 2.31. The predicted octanol–water partition coefficient (Wildman–Crippen LogP) is 3.14. The summed E-state index contributed by atoms with van der Waals surface area (Å²) in [5, 5.41) is 7.08. The van der Waals surface area contributed by atoms with E-state index in [1.165, 1.54) is 6.20 Å². The largest absolute Gasteiger partial charge is 0.416 e. The molecule has 1 aromatic carbocycles. The smallest absolute Gasteiger partial charge is 0.311 e. The van der Waals surface area contributed by atoms with Gasteiger partial charge in [-0.2, -0.15) is 18.3 Å². The van der Waals surface area contributed by atoms with Crippen molar-refractivity contribution in [2.45, 2.75) is 19.6 Å². The monoisotopic (exact) mass is 287 g/mol. The van der Waals surface area contributed by atoms with Crippen LogP contribution in [-0.2, 0) is 12.7 Å². The van der Waals surface area contributed by atoms with Crippen molar-refractivity contribution in [3.63, 3.8) is 0 Å². The second-order valence-electron chi connectivity index (χ2n) is 4.20. The normalized spacial score (nSPS) is 11.8. The van der Waals surface area contributed by atoms with Crippen LogP contribution in [0.1, 0.15) is 18.2 Å². The molecule has 0 saturated heterocycles. The molecule has 2 aromatic rings. The van der Waals surface area contributed by atoms with E-state index in [2.05, 4.69) is 10.4 Å². The lowest BCUT2D eigenvalue weighted by Crippen LogP contribution is -2.12. The highest BCUT2D eigenvalue weighted by molar-refractivity contribution is 5.38. The molecule has 1 aromatic heterocycles. The molecule has 0 amide bonds. The first-order chi connectivity index (χ1) is 9.41. The van der Waals surface area contributed by atoms with Gasteiger partial charge in [0, 0.05) is 12.7 Å². The maximum atomic E-state index is 13.7. The number of benzene rings is 1. The lowest BCUT2D eigenvalue weighted by molar-refractivity contribution is -0.137. The lowest BCUT2D eigenvalue weighted by atomic mass is 10.2. The summed E-state index contributed by atoms with van der Waals surface area (Å²) < 4.78 is 52.6. The first kappa shape index (κ1) is 14.5. The molecule has 1 N–H and O–H groups in total. The maximum Gasteiger partial charge on any atom is 0.416 e. The van der Waals surface area contributed by atoms with Crippen LogP contribution in [0.3, 0.4) is 0 Å². The number of alkyl halides is 3. The molecule has 0 atom stereocenters. The molecule has 0 bridgehead atoms. The van der Waals surface area contributed by atoms with E-state index in [1.54, 1.807) is 6.07 Å². The van der Waals surface area contributed by atoms with E-state index in [0.29, 0.717) is 18.3 Å². The molecule has 0 radical (unpaired) electrons. The van der Waals surface area contributed by atoms with Gasteiger partial charge in [0.1, 0.15) is 11.5 Å². The molecule has 0 unspecified atom stereocenters. The molecule has 0 aliphatic rings. The zero-order valence-electron chi connectivity index (χ0n) is 10.7. The molecule has 0 saturated carbocycles. The second kappa shape index (κ2) is 5.62. The Morgan fingerprint density at radius 2 is 2.00 bits per heavy atom. The summed E-state index contributed by atoms with van der Waals surface area (Å²) in [5.74, 6) is -0.754. The molecular weight excluding hydrogens is 274 g/mol. The van der Waals surface area contributed by atoms with Gasteiger partial charge in [-0.25, -0.2) is 9.07 Å². The van der Waals surface area contributed by atoms with Crippen molar-refractivity contribution < 1.29 is 17.6 Å². The average Bonchev–Trinajstić information content (AvgIpc) is 2.84. The van der Waals surface area contributed by atoms with E-state index >= 15 is 0 Å². The van der Waals surface area contributed by atoms with E-state index in [0.717, 1.165) is 23.4 Å². The number of halogens is 4. The zero-order chi connectivity index (χ0) is 14.8. The summed E-state index contributed by atoms with van der Waals surface area (Å²) in [6.45, 7) is 3.14. The van der Waals surface area contributed by atoms with Crippen molar-refractivity contribution in [2.75, 3.05) is 6.54 Å². The van der Waals surface area contributed by atoms with Crippen LogP contribution in [0, 0.1) is 5.82 Å². The van der Waals surface area contributed by atoms with Crippen LogP contribution in [0.4, 0.5) is 17.6 Å². The summed E-state index contributed by atoms with van der Waals surface area (Å²) in [4.78, 5) is 0. The molecule has 0 aliphatic carbocycles. The highest BCUT2D eigenvalue weighted by atomic mass is 19.4. The lowest BCUT2D eigenvalue weighted by Gasteiger charge is -2.09. The van der Waals surface area contributed by atoms with Gasteiger partial charge in [-0.3, -0.25) is 0 Å². The van der Waals surface area contributed by atoms with Crippen LogP contribution in [0.2, 0.25) is 0 Å². The Bertz CT molecular complexity index is 590. The van der Waals surface area contributed by atoms with Crippen LogP contribution in [-0.4, -0.2) is 16.3 Å². The molecule has 108 valence electrons. The van der Waals surface area contributed by atoms with Crippen LogP contribution in [0.25, 0.3) is 5.69 Å². The van der Waals surface area contributed by atoms with E-state index in [4.69, 9.17) is 0 Å². The quantitative estimate of drug-likeness (QED) is 0.876. The number of hydrogen-bond donors (Lipinski definition) is 1. The number of nitrogens with zero attached hydrogens (tertiary/aromatic N) is 2. The van der Waals surface area contributed by atoms with Gasteiger partial charge in [0.05, 0.1) is 11.3 Å². The Morgan fingerprint density at radius 3 is 2.65 bits per heavy atom. The summed E-state index contributed by atoms with van der Waals surface area (Å²) in [7, 11) is 0. The van der Waals surface area contributed by atoms with Gasteiger partial charge in [0.2, 0.25) is 0 Å². The molecule has 1 heterocycles. The molecule has 2 rings (SSSR count). The standard InChI is InChI=1S/C13H13F4N3/c1-2-18-8-10-5-6-20(19-10)12-7-9(13(15,16)17)3-4-11(12)14/h3-7,18H,2,8H2,1H3. The molecule has 20 heavy (non-hydrogen) atoms. The topological polar surface area (TPSA) is 29.9 Å². The number of rotatable bonds is 4. The minimum Gasteiger partial charge on any atom is -0.311 e. The van der Waals surface area contributed by atoms with Crippen molar-refractivity contribution in [2.24, 2.45) is 0 Å². The van der Waals surface area contributed by atoms with Gasteiger partial charge in [-0.05, 0) is 30.8 Å². The van der Waals surface area contributed by atoms with Crippen LogP contribution in [0.5, 0.6) is 0 Å². The SMILES string of the molecule is CCNCc1ccn(-c2cc(C(F)(F)F)ccc2F)n1. The first-order valence-electron chi connectivity index (χ1n) is 6.04. The Kier molecular flexibility index (Phi) is 4.08. The van der Waals surface area contributed by atoms with Gasteiger partial charge in [-0.1, -0.05) is 6.92 Å². The average molecular weight is 287 g/mol. The van der Waals surface area contributed by atoms with Crippen molar-refractivity contribution in [3.8, 4) is 5.69 Å². The molecule has 7 heteroatoms. The second-order valence-corrected chi connectivity index (χ2v) is 4.20. The summed E-state index contributed by atoms with van der Waals surface area (Å²) >= 11 is 0. The van der Waals surface area contributed by atoms with Crippen LogP contribution >= 0.6 is 0 Å². The Labute approximate surface area is 113 Å². The zero-order valence-corrected chi connectivity index (χ0v) is 10.7. The third-order valence-corrected chi connectivity index (χ3v) is 2.72. The number of nitrogens with one attached hydrogen (secondary N) is 1. The molecular formula is C13H13F4N3.